The highest BCUT2D eigenvalue weighted by atomic mass is 31.1. The lowest BCUT2D eigenvalue weighted by Crippen LogP contribution is -2.42. The summed E-state index contributed by atoms with van der Waals surface area (Å²) in [7, 11) is 0.0818. The number of aromatic nitrogens is 3. The molecule has 0 aliphatic carbocycles. The molecule has 0 saturated heterocycles. The van der Waals surface area contributed by atoms with E-state index < -0.39 is 11.4 Å². The first-order valence-electron chi connectivity index (χ1n) is 5.51. The molecule has 1 rings (SSSR count). The fourth-order valence-corrected chi connectivity index (χ4v) is 2.19. The van der Waals surface area contributed by atoms with E-state index in [9.17, 15) is 14.4 Å². The molecular weight excluding hydrogens is 241 g/mol. The van der Waals surface area contributed by atoms with E-state index in [0.717, 1.165) is 4.57 Å². The number of ketones is 1. The number of nitrogens with zero attached hydrogens (tertiary/aromatic N) is 3. The summed E-state index contributed by atoms with van der Waals surface area (Å²) in [5.41, 5.74) is -1.10. The van der Waals surface area contributed by atoms with Crippen LogP contribution in [0.25, 0.3) is 0 Å². The van der Waals surface area contributed by atoms with Crippen molar-refractivity contribution >= 4 is 14.5 Å². The van der Waals surface area contributed by atoms with E-state index in [0.29, 0.717) is 12.8 Å². The molecule has 0 aliphatic heterocycles. The molecule has 1 aromatic rings. The van der Waals surface area contributed by atoms with Gasteiger partial charge in [-0.25, -0.2) is 14.2 Å². The van der Waals surface area contributed by atoms with Gasteiger partial charge in [0.05, 0.1) is 0 Å². The molecular formula is C10H16N3O3P. The zero-order chi connectivity index (χ0) is 13.0. The lowest BCUT2D eigenvalue weighted by atomic mass is 10.2. The van der Waals surface area contributed by atoms with Crippen molar-refractivity contribution in [2.24, 2.45) is 0 Å². The molecule has 0 bridgehead atoms. The molecule has 1 aromatic heterocycles. The van der Waals surface area contributed by atoms with Crippen molar-refractivity contribution in [1.29, 1.82) is 0 Å². The highest BCUT2D eigenvalue weighted by Crippen LogP contribution is 2.09. The second kappa shape index (κ2) is 5.87. The second-order valence-electron chi connectivity index (χ2n) is 3.48. The molecule has 7 heteroatoms. The first-order chi connectivity index (χ1) is 8.06. The van der Waals surface area contributed by atoms with Crippen LogP contribution in [0.3, 0.4) is 0 Å². The summed E-state index contributed by atoms with van der Waals surface area (Å²) in [5, 5.41) is 0. The SMILES string of the molecule is CCCC(=O)c1nc(=O)n(CC)c(=O)n1PC. The van der Waals surface area contributed by atoms with Gasteiger partial charge in [0, 0.05) is 13.0 Å². The molecule has 0 N–H and O–H groups in total. The monoisotopic (exact) mass is 257 g/mol. The molecule has 0 spiro atoms. The lowest BCUT2D eigenvalue weighted by molar-refractivity contribution is 0.0968. The number of hydrogen-bond acceptors (Lipinski definition) is 4. The molecule has 1 heterocycles. The van der Waals surface area contributed by atoms with Crippen molar-refractivity contribution in [2.75, 3.05) is 6.66 Å². The zero-order valence-corrected chi connectivity index (χ0v) is 11.2. The fourth-order valence-electron chi connectivity index (χ4n) is 1.49. The van der Waals surface area contributed by atoms with Gasteiger partial charge in [0.25, 0.3) is 0 Å². The highest BCUT2D eigenvalue weighted by molar-refractivity contribution is 7.35. The van der Waals surface area contributed by atoms with Gasteiger partial charge in [-0.3, -0.25) is 9.13 Å². The number of rotatable bonds is 5. The van der Waals surface area contributed by atoms with Gasteiger partial charge in [0.15, 0.2) is 11.6 Å². The van der Waals surface area contributed by atoms with E-state index >= 15 is 0 Å². The Morgan fingerprint density at radius 1 is 1.35 bits per heavy atom. The molecule has 17 heavy (non-hydrogen) atoms. The molecule has 0 radical (unpaired) electrons. The standard InChI is InChI=1S/C10H16N3O3P/c1-4-6-7(14)8-11-9(15)12(5-2)10(16)13(8)17-3/h17H,4-6H2,1-3H3. The van der Waals surface area contributed by atoms with Crippen LogP contribution in [0.15, 0.2) is 9.59 Å². The van der Waals surface area contributed by atoms with Crippen LogP contribution in [-0.4, -0.2) is 26.3 Å². The molecule has 0 aliphatic rings. The van der Waals surface area contributed by atoms with Gasteiger partial charge in [-0.1, -0.05) is 6.92 Å². The molecule has 94 valence electrons. The Morgan fingerprint density at radius 3 is 2.47 bits per heavy atom. The Balaban J connectivity index is 3.47. The van der Waals surface area contributed by atoms with Crippen molar-refractivity contribution in [3.63, 3.8) is 0 Å². The predicted octanol–water partition coefficient (Wildman–Crippen LogP) is 0.479. The van der Waals surface area contributed by atoms with E-state index in [4.69, 9.17) is 0 Å². The minimum atomic E-state index is -0.647. The fraction of sp³-hybridized carbons (Fsp3) is 0.600. The third-order valence-electron chi connectivity index (χ3n) is 2.33. The molecule has 0 aromatic carbocycles. The van der Waals surface area contributed by atoms with Crippen molar-refractivity contribution in [3.05, 3.63) is 26.8 Å². The van der Waals surface area contributed by atoms with Crippen molar-refractivity contribution < 1.29 is 4.79 Å². The normalized spacial score (nSPS) is 11.2. The number of carbonyl (C=O) groups excluding carboxylic acids is 1. The van der Waals surface area contributed by atoms with Gasteiger partial charge in [-0.05, 0) is 28.7 Å². The Labute approximate surface area is 101 Å². The van der Waals surface area contributed by atoms with Gasteiger partial charge in [0.1, 0.15) is 0 Å². The van der Waals surface area contributed by atoms with Crippen molar-refractivity contribution in [1.82, 2.24) is 13.9 Å². The van der Waals surface area contributed by atoms with Crippen LogP contribution in [0.5, 0.6) is 0 Å². The molecule has 0 amide bonds. The minimum absolute atomic E-state index is 0.00705. The van der Waals surface area contributed by atoms with Crippen LogP contribution in [0, 0.1) is 0 Å². The highest BCUT2D eigenvalue weighted by Gasteiger charge is 2.16. The molecule has 1 atom stereocenters. The van der Waals surface area contributed by atoms with Gasteiger partial charge < -0.3 is 0 Å². The summed E-state index contributed by atoms with van der Waals surface area (Å²) in [6.07, 6.45) is 0.963. The average molecular weight is 257 g/mol. The molecule has 1 unspecified atom stereocenters. The quantitative estimate of drug-likeness (QED) is 0.568. The van der Waals surface area contributed by atoms with Crippen LogP contribution in [0.1, 0.15) is 37.3 Å². The topological polar surface area (TPSA) is 74.0 Å². The Morgan fingerprint density at radius 2 is 2.00 bits per heavy atom. The van der Waals surface area contributed by atoms with Gasteiger partial charge >= 0.3 is 11.4 Å². The van der Waals surface area contributed by atoms with E-state index in [1.54, 1.807) is 13.6 Å². The summed E-state index contributed by atoms with van der Waals surface area (Å²) >= 11 is 0. The maximum Gasteiger partial charge on any atom is 0.353 e. The molecule has 0 saturated carbocycles. The van der Waals surface area contributed by atoms with Crippen LogP contribution in [0.4, 0.5) is 0 Å². The maximum atomic E-state index is 11.9. The van der Waals surface area contributed by atoms with E-state index in [-0.39, 0.29) is 26.9 Å². The first kappa shape index (κ1) is 13.8. The van der Waals surface area contributed by atoms with Crippen LogP contribution < -0.4 is 11.4 Å². The van der Waals surface area contributed by atoms with Crippen molar-refractivity contribution in [3.8, 4) is 0 Å². The zero-order valence-electron chi connectivity index (χ0n) is 10.2. The summed E-state index contributed by atoms with van der Waals surface area (Å²) in [4.78, 5) is 39.0. The van der Waals surface area contributed by atoms with Gasteiger partial charge in [-0.15, -0.1) is 0 Å². The summed E-state index contributed by atoms with van der Waals surface area (Å²) < 4.78 is 2.31. The minimum Gasteiger partial charge on any atom is -0.291 e. The summed E-state index contributed by atoms with van der Waals surface area (Å²) in [6.45, 7) is 5.59. The lowest BCUT2D eigenvalue weighted by Gasteiger charge is -2.10. The van der Waals surface area contributed by atoms with Crippen LogP contribution in [0.2, 0.25) is 0 Å². The number of Topliss-reactive ketones (excluding diaryl/α,β-unsaturated/α-hetero) is 1. The smallest absolute Gasteiger partial charge is 0.291 e. The Bertz CT molecular complexity index is 533. The van der Waals surface area contributed by atoms with E-state index in [2.05, 4.69) is 4.98 Å². The number of carbonyl (C=O) groups is 1. The number of hydrogen-bond donors (Lipinski definition) is 0. The largest absolute Gasteiger partial charge is 0.353 e. The van der Waals surface area contributed by atoms with Crippen molar-refractivity contribution in [2.45, 2.75) is 33.2 Å². The van der Waals surface area contributed by atoms with E-state index in [1.807, 2.05) is 6.92 Å². The van der Waals surface area contributed by atoms with Crippen LogP contribution >= 0.6 is 8.73 Å². The Hall–Kier alpha value is -1.29. The van der Waals surface area contributed by atoms with Gasteiger partial charge in [-0.2, -0.15) is 4.98 Å². The summed E-state index contributed by atoms with van der Waals surface area (Å²) in [6, 6.07) is 0. The van der Waals surface area contributed by atoms with E-state index in [1.165, 1.54) is 4.34 Å². The molecule has 0 fully saturated rings. The first-order valence-corrected chi connectivity index (χ1v) is 6.96. The maximum absolute atomic E-state index is 11.9. The average Bonchev–Trinajstić information content (AvgIpc) is 2.29. The second-order valence-corrected chi connectivity index (χ2v) is 4.37. The van der Waals surface area contributed by atoms with Crippen LogP contribution in [-0.2, 0) is 6.54 Å². The van der Waals surface area contributed by atoms with Gasteiger partial charge in [0.2, 0.25) is 0 Å². The summed E-state index contributed by atoms with van der Waals surface area (Å²) in [5.74, 6) is -0.258. The Kier molecular flexibility index (Phi) is 4.75. The third-order valence-corrected chi connectivity index (χ3v) is 3.18. The molecule has 6 nitrogen and oxygen atoms in total. The predicted molar refractivity (Wildman–Crippen MR) is 67.3 cm³/mol. The third kappa shape index (κ3) is 2.69.